The first kappa shape index (κ1) is 12.3. The smallest absolute Gasteiger partial charge is 0.145 e. The van der Waals surface area contributed by atoms with Crippen molar-refractivity contribution in [1.29, 1.82) is 0 Å². The normalized spacial score (nSPS) is 10.3. The number of halogens is 3. The highest BCUT2D eigenvalue weighted by molar-refractivity contribution is 9.10. The van der Waals surface area contributed by atoms with Crippen LogP contribution in [0.2, 0.25) is 5.02 Å². The maximum absolute atomic E-state index is 12.9. The molecule has 0 aliphatic rings. The fourth-order valence-corrected chi connectivity index (χ4v) is 1.71. The molecule has 0 spiro atoms. The average molecular weight is 318 g/mol. The summed E-state index contributed by atoms with van der Waals surface area (Å²) < 4.78 is 18.9. The molecule has 88 valence electrons. The molecule has 0 aliphatic carbocycles. The summed E-state index contributed by atoms with van der Waals surface area (Å²) in [6, 6.07) is 2.99. The number of nitrogens with zero attached hydrogens (tertiary/aromatic N) is 2. The van der Waals surface area contributed by atoms with Gasteiger partial charge in [-0.15, -0.1) is 0 Å². The molecule has 2 aromatic heterocycles. The fourth-order valence-electron chi connectivity index (χ4n) is 1.20. The molecule has 0 aromatic carbocycles. The molecule has 3 nitrogen and oxygen atoms in total. The summed E-state index contributed by atoms with van der Waals surface area (Å²) in [5, 5.41) is 0.518. The van der Waals surface area contributed by atoms with Crippen molar-refractivity contribution < 1.29 is 9.13 Å². The van der Waals surface area contributed by atoms with Crippen molar-refractivity contribution in [3.63, 3.8) is 0 Å². The minimum Gasteiger partial charge on any atom is -0.487 e. The summed E-state index contributed by atoms with van der Waals surface area (Å²) >= 11 is 9.09. The van der Waals surface area contributed by atoms with Gasteiger partial charge in [0.25, 0.3) is 0 Å². The lowest BCUT2D eigenvalue weighted by atomic mass is 10.3. The van der Waals surface area contributed by atoms with E-state index in [9.17, 15) is 4.39 Å². The molecule has 0 atom stereocenters. The average Bonchev–Trinajstić information content (AvgIpc) is 2.30. The van der Waals surface area contributed by atoms with Crippen molar-refractivity contribution >= 4 is 27.5 Å². The third-order valence-electron chi connectivity index (χ3n) is 1.95. The van der Waals surface area contributed by atoms with E-state index in [-0.39, 0.29) is 6.61 Å². The van der Waals surface area contributed by atoms with E-state index in [0.717, 1.165) is 11.8 Å². The van der Waals surface area contributed by atoms with E-state index in [1.54, 1.807) is 6.07 Å². The van der Waals surface area contributed by atoms with Crippen LogP contribution in [-0.2, 0) is 6.61 Å². The molecule has 0 saturated heterocycles. The molecule has 0 radical (unpaired) electrons. The molecule has 2 rings (SSSR count). The van der Waals surface area contributed by atoms with E-state index < -0.39 is 5.82 Å². The molecule has 2 aromatic rings. The predicted molar refractivity (Wildman–Crippen MR) is 65.5 cm³/mol. The van der Waals surface area contributed by atoms with Crippen LogP contribution in [0, 0.1) is 5.82 Å². The first-order valence-corrected chi connectivity index (χ1v) is 5.85. The molecular weight excluding hydrogens is 310 g/mol. The van der Waals surface area contributed by atoms with E-state index >= 15 is 0 Å². The van der Waals surface area contributed by atoms with Gasteiger partial charge in [-0.05, 0) is 22.0 Å². The van der Waals surface area contributed by atoms with Gasteiger partial charge in [0.05, 0.1) is 17.4 Å². The lowest BCUT2D eigenvalue weighted by Gasteiger charge is -2.07. The highest BCUT2D eigenvalue weighted by Crippen LogP contribution is 2.20. The Hall–Kier alpha value is -1.20. The van der Waals surface area contributed by atoms with E-state index in [1.165, 1.54) is 18.5 Å². The van der Waals surface area contributed by atoms with Gasteiger partial charge in [0.15, 0.2) is 0 Å². The number of hydrogen-bond acceptors (Lipinski definition) is 3. The molecule has 0 saturated carbocycles. The van der Waals surface area contributed by atoms with Crippen LogP contribution in [0.1, 0.15) is 5.56 Å². The van der Waals surface area contributed by atoms with Crippen LogP contribution >= 0.6 is 27.5 Å². The predicted octanol–water partition coefficient (Wildman–Crippen LogP) is 3.61. The monoisotopic (exact) mass is 316 g/mol. The Labute approximate surface area is 111 Å². The summed E-state index contributed by atoms with van der Waals surface area (Å²) in [6.07, 6.45) is 4.08. The Morgan fingerprint density at radius 2 is 2.12 bits per heavy atom. The van der Waals surface area contributed by atoms with Crippen molar-refractivity contribution in [3.8, 4) is 5.75 Å². The number of hydrogen-bond donors (Lipinski definition) is 0. The third-order valence-corrected chi connectivity index (χ3v) is 2.87. The SMILES string of the molecule is Fc1cncc(OCc2cc(Cl)cnc2Br)c1. The minimum atomic E-state index is -0.439. The molecule has 0 bridgehead atoms. The minimum absolute atomic E-state index is 0.235. The highest BCUT2D eigenvalue weighted by atomic mass is 79.9. The van der Waals surface area contributed by atoms with Gasteiger partial charge < -0.3 is 4.74 Å². The van der Waals surface area contributed by atoms with Crippen LogP contribution < -0.4 is 4.74 Å². The summed E-state index contributed by atoms with van der Waals surface area (Å²) in [7, 11) is 0. The van der Waals surface area contributed by atoms with Crippen molar-refractivity contribution in [2.24, 2.45) is 0 Å². The Balaban J connectivity index is 2.09. The largest absolute Gasteiger partial charge is 0.487 e. The van der Waals surface area contributed by atoms with Gasteiger partial charge in [-0.3, -0.25) is 4.98 Å². The third kappa shape index (κ3) is 3.38. The van der Waals surface area contributed by atoms with Crippen molar-refractivity contribution in [2.45, 2.75) is 6.61 Å². The molecular formula is C11H7BrClFN2O. The van der Waals surface area contributed by atoms with Gasteiger partial charge in [0.2, 0.25) is 0 Å². The highest BCUT2D eigenvalue weighted by Gasteiger charge is 2.04. The lowest BCUT2D eigenvalue weighted by molar-refractivity contribution is 0.302. The van der Waals surface area contributed by atoms with E-state index in [2.05, 4.69) is 25.9 Å². The summed E-state index contributed by atoms with van der Waals surface area (Å²) in [6.45, 7) is 0.235. The fraction of sp³-hybridized carbons (Fsp3) is 0.0909. The molecule has 2 heterocycles. The Morgan fingerprint density at radius 1 is 1.29 bits per heavy atom. The molecule has 0 aliphatic heterocycles. The van der Waals surface area contributed by atoms with E-state index in [1.807, 2.05) is 0 Å². The van der Waals surface area contributed by atoms with E-state index in [0.29, 0.717) is 15.4 Å². The van der Waals surface area contributed by atoms with Crippen LogP contribution in [-0.4, -0.2) is 9.97 Å². The van der Waals surface area contributed by atoms with Crippen LogP contribution in [0.4, 0.5) is 4.39 Å². The summed E-state index contributed by atoms with van der Waals surface area (Å²) in [5.41, 5.74) is 0.779. The second kappa shape index (κ2) is 5.42. The molecule has 0 unspecified atom stereocenters. The van der Waals surface area contributed by atoms with Crippen molar-refractivity contribution in [2.75, 3.05) is 0 Å². The number of ether oxygens (including phenoxy) is 1. The summed E-state index contributed by atoms with van der Waals surface area (Å²) in [4.78, 5) is 7.71. The molecule has 17 heavy (non-hydrogen) atoms. The van der Waals surface area contributed by atoms with Gasteiger partial charge in [-0.1, -0.05) is 11.6 Å². The van der Waals surface area contributed by atoms with Gasteiger partial charge in [-0.2, -0.15) is 0 Å². The Morgan fingerprint density at radius 3 is 2.88 bits per heavy atom. The zero-order valence-electron chi connectivity index (χ0n) is 8.53. The first-order valence-electron chi connectivity index (χ1n) is 4.68. The first-order chi connectivity index (χ1) is 8.15. The zero-order valence-corrected chi connectivity index (χ0v) is 10.9. The van der Waals surface area contributed by atoms with Crippen LogP contribution in [0.25, 0.3) is 0 Å². The van der Waals surface area contributed by atoms with Crippen molar-refractivity contribution in [1.82, 2.24) is 9.97 Å². The summed E-state index contributed by atoms with van der Waals surface area (Å²) in [5.74, 6) is -0.0809. The Bertz CT molecular complexity index is 539. The van der Waals surface area contributed by atoms with Crippen LogP contribution in [0.15, 0.2) is 35.3 Å². The second-order valence-corrected chi connectivity index (χ2v) is 4.42. The molecule has 6 heteroatoms. The molecule has 0 amide bonds. The number of aromatic nitrogens is 2. The van der Waals surface area contributed by atoms with Crippen LogP contribution in [0.3, 0.4) is 0 Å². The lowest BCUT2D eigenvalue weighted by Crippen LogP contribution is -1.98. The van der Waals surface area contributed by atoms with Gasteiger partial charge in [0.1, 0.15) is 22.8 Å². The molecule has 0 N–H and O–H groups in total. The number of rotatable bonds is 3. The van der Waals surface area contributed by atoms with E-state index in [4.69, 9.17) is 16.3 Å². The number of pyridine rings is 2. The second-order valence-electron chi connectivity index (χ2n) is 3.23. The quantitative estimate of drug-likeness (QED) is 0.811. The van der Waals surface area contributed by atoms with Crippen LogP contribution in [0.5, 0.6) is 5.75 Å². The maximum atomic E-state index is 12.9. The van der Waals surface area contributed by atoms with Crippen molar-refractivity contribution in [3.05, 3.63) is 51.7 Å². The standard InChI is InChI=1S/C11H7BrClFN2O/c12-11-7(1-8(13)3-16-11)6-17-10-2-9(14)4-15-5-10/h1-5H,6H2. The van der Waals surface area contributed by atoms with Gasteiger partial charge >= 0.3 is 0 Å². The topological polar surface area (TPSA) is 35.0 Å². The molecule has 0 fully saturated rings. The maximum Gasteiger partial charge on any atom is 0.145 e. The van der Waals surface area contributed by atoms with Gasteiger partial charge in [0, 0.05) is 17.8 Å². The van der Waals surface area contributed by atoms with Gasteiger partial charge in [-0.25, -0.2) is 9.37 Å². The zero-order chi connectivity index (χ0) is 12.3. The Kier molecular flexibility index (Phi) is 3.91.